The maximum Gasteiger partial charge on any atom is 0.306 e. The number of rotatable bonds is 2. The molecule has 2 aromatic rings. The molecule has 0 radical (unpaired) electrons. The molecule has 0 saturated carbocycles. The Morgan fingerprint density at radius 3 is 2.67 bits per heavy atom. The van der Waals surface area contributed by atoms with Crippen molar-refractivity contribution in [1.82, 2.24) is 10.2 Å². The highest BCUT2D eigenvalue weighted by molar-refractivity contribution is 5.24. The third-order valence-electron chi connectivity index (χ3n) is 2.07. The van der Waals surface area contributed by atoms with E-state index in [9.17, 15) is 9.90 Å². The zero-order chi connectivity index (χ0) is 10.7. The maximum atomic E-state index is 10.9. The molecule has 0 aliphatic carbocycles. The molecule has 1 aromatic heterocycles. The fourth-order valence-electron chi connectivity index (χ4n) is 1.33. The molecule has 0 spiro atoms. The number of aromatic amines is 1. The molecule has 0 amide bonds. The summed E-state index contributed by atoms with van der Waals surface area (Å²) in [4.78, 5) is 10.9. The second-order valence-corrected chi connectivity index (χ2v) is 3.24. The number of aromatic nitrogens is 2. The van der Waals surface area contributed by atoms with E-state index in [0.29, 0.717) is 12.1 Å². The van der Waals surface area contributed by atoms with E-state index in [1.807, 2.05) is 30.3 Å². The fraction of sp³-hybridized carbons (Fsp3) is 0.0909. The highest BCUT2D eigenvalue weighted by Gasteiger charge is 2.01. The number of aromatic hydroxyl groups is 1. The van der Waals surface area contributed by atoms with Crippen molar-refractivity contribution in [2.24, 2.45) is 0 Å². The number of nitrogens with one attached hydrogen (secondary N) is 1. The van der Waals surface area contributed by atoms with Crippen LogP contribution in [0, 0.1) is 0 Å². The molecule has 1 heterocycles. The average molecular weight is 202 g/mol. The standard InChI is InChI=1S/C11H10N2O2/c14-10-7-9(12-13-11(10)15)6-8-4-2-1-3-5-8/h1-5,7H,6H2,(H,12,14)(H,13,15). The van der Waals surface area contributed by atoms with Gasteiger partial charge in [0.25, 0.3) is 0 Å². The first-order valence-electron chi connectivity index (χ1n) is 4.57. The minimum atomic E-state index is -0.563. The Hall–Kier alpha value is -2.10. The average Bonchev–Trinajstić information content (AvgIpc) is 2.25. The molecule has 0 aliphatic heterocycles. The highest BCUT2D eigenvalue weighted by atomic mass is 16.3. The molecule has 4 heteroatoms. The van der Waals surface area contributed by atoms with E-state index < -0.39 is 5.56 Å². The first-order chi connectivity index (χ1) is 7.25. The molecule has 0 bridgehead atoms. The Morgan fingerprint density at radius 1 is 1.27 bits per heavy atom. The van der Waals surface area contributed by atoms with Gasteiger partial charge in [0, 0.05) is 12.5 Å². The van der Waals surface area contributed by atoms with E-state index in [0.717, 1.165) is 5.56 Å². The first-order valence-corrected chi connectivity index (χ1v) is 4.57. The van der Waals surface area contributed by atoms with Gasteiger partial charge in [0.15, 0.2) is 5.75 Å². The lowest BCUT2D eigenvalue weighted by Gasteiger charge is -2.00. The van der Waals surface area contributed by atoms with Gasteiger partial charge < -0.3 is 5.11 Å². The van der Waals surface area contributed by atoms with Crippen LogP contribution in [0.4, 0.5) is 0 Å². The molecule has 0 atom stereocenters. The van der Waals surface area contributed by atoms with Crippen LogP contribution in [0.3, 0.4) is 0 Å². The van der Waals surface area contributed by atoms with Gasteiger partial charge in [0.2, 0.25) is 0 Å². The Morgan fingerprint density at radius 2 is 2.00 bits per heavy atom. The van der Waals surface area contributed by atoms with Crippen LogP contribution in [0.2, 0.25) is 0 Å². The Kier molecular flexibility index (Phi) is 2.49. The monoisotopic (exact) mass is 202 g/mol. The van der Waals surface area contributed by atoms with Gasteiger partial charge in [0.1, 0.15) is 0 Å². The maximum absolute atomic E-state index is 10.9. The number of hydrogen-bond acceptors (Lipinski definition) is 3. The van der Waals surface area contributed by atoms with E-state index in [-0.39, 0.29) is 5.75 Å². The lowest BCUT2D eigenvalue weighted by atomic mass is 10.1. The first kappa shape index (κ1) is 9.45. The van der Waals surface area contributed by atoms with Gasteiger partial charge in [-0.1, -0.05) is 30.3 Å². The van der Waals surface area contributed by atoms with Gasteiger partial charge in [-0.2, -0.15) is 5.10 Å². The molecule has 15 heavy (non-hydrogen) atoms. The molecule has 4 nitrogen and oxygen atoms in total. The van der Waals surface area contributed by atoms with Crippen LogP contribution in [0.1, 0.15) is 11.3 Å². The Labute approximate surface area is 86.2 Å². The molecule has 1 aromatic carbocycles. The summed E-state index contributed by atoms with van der Waals surface area (Å²) in [5.74, 6) is -0.295. The number of nitrogens with zero attached hydrogens (tertiary/aromatic N) is 1. The normalized spacial score (nSPS) is 10.1. The van der Waals surface area contributed by atoms with Gasteiger partial charge >= 0.3 is 5.56 Å². The topological polar surface area (TPSA) is 66.0 Å². The molecule has 0 unspecified atom stereocenters. The highest BCUT2D eigenvalue weighted by Crippen LogP contribution is 2.08. The number of H-pyrrole nitrogens is 1. The van der Waals surface area contributed by atoms with Crippen LogP contribution in [-0.2, 0) is 6.42 Å². The molecule has 0 fully saturated rings. The number of hydrogen-bond donors (Lipinski definition) is 2. The van der Waals surface area contributed by atoms with E-state index in [4.69, 9.17) is 0 Å². The van der Waals surface area contributed by atoms with E-state index in [2.05, 4.69) is 10.2 Å². The third-order valence-corrected chi connectivity index (χ3v) is 2.07. The van der Waals surface area contributed by atoms with Crippen molar-refractivity contribution in [3.05, 3.63) is 58.0 Å². The fourth-order valence-corrected chi connectivity index (χ4v) is 1.33. The lowest BCUT2D eigenvalue weighted by molar-refractivity contribution is 0.462. The van der Waals surface area contributed by atoms with Crippen molar-refractivity contribution in [2.45, 2.75) is 6.42 Å². The summed E-state index contributed by atoms with van der Waals surface area (Å²) in [6, 6.07) is 11.1. The minimum Gasteiger partial charge on any atom is -0.503 e. The zero-order valence-electron chi connectivity index (χ0n) is 7.97. The largest absolute Gasteiger partial charge is 0.503 e. The van der Waals surface area contributed by atoms with Gasteiger partial charge in [-0.3, -0.25) is 4.79 Å². The summed E-state index contributed by atoms with van der Waals surface area (Å²) in [7, 11) is 0. The summed E-state index contributed by atoms with van der Waals surface area (Å²) in [5.41, 5.74) is 1.15. The molecule has 2 N–H and O–H groups in total. The molecule has 76 valence electrons. The zero-order valence-corrected chi connectivity index (χ0v) is 7.97. The van der Waals surface area contributed by atoms with Crippen LogP contribution in [-0.4, -0.2) is 15.3 Å². The minimum absolute atomic E-state index is 0.295. The molecule has 2 rings (SSSR count). The van der Waals surface area contributed by atoms with Crippen molar-refractivity contribution in [3.8, 4) is 5.75 Å². The predicted molar refractivity (Wildman–Crippen MR) is 55.8 cm³/mol. The van der Waals surface area contributed by atoms with Gasteiger partial charge in [-0.15, -0.1) is 0 Å². The number of benzene rings is 1. The molecule has 0 aliphatic rings. The van der Waals surface area contributed by atoms with Gasteiger partial charge in [-0.25, -0.2) is 5.10 Å². The van der Waals surface area contributed by atoms with Crippen molar-refractivity contribution < 1.29 is 5.11 Å². The van der Waals surface area contributed by atoms with Crippen LogP contribution >= 0.6 is 0 Å². The third kappa shape index (κ3) is 2.22. The molecule has 0 saturated heterocycles. The Bertz CT molecular complexity index is 505. The second kappa shape index (κ2) is 3.96. The lowest BCUT2D eigenvalue weighted by Crippen LogP contribution is -2.09. The van der Waals surface area contributed by atoms with Crippen molar-refractivity contribution in [1.29, 1.82) is 0 Å². The smallest absolute Gasteiger partial charge is 0.306 e. The van der Waals surface area contributed by atoms with Crippen LogP contribution in [0.5, 0.6) is 5.75 Å². The van der Waals surface area contributed by atoms with Crippen LogP contribution < -0.4 is 5.56 Å². The molecular weight excluding hydrogens is 192 g/mol. The second-order valence-electron chi connectivity index (χ2n) is 3.24. The van der Waals surface area contributed by atoms with E-state index in [1.165, 1.54) is 6.07 Å². The van der Waals surface area contributed by atoms with Gasteiger partial charge in [0.05, 0.1) is 5.69 Å². The van der Waals surface area contributed by atoms with Crippen LogP contribution in [0.15, 0.2) is 41.2 Å². The van der Waals surface area contributed by atoms with Crippen molar-refractivity contribution >= 4 is 0 Å². The summed E-state index contributed by atoms with van der Waals surface area (Å²) in [6.07, 6.45) is 0.588. The SMILES string of the molecule is O=c1[nH]nc(Cc2ccccc2)cc1O. The summed E-state index contributed by atoms with van der Waals surface area (Å²) in [5, 5.41) is 15.3. The summed E-state index contributed by atoms with van der Waals surface area (Å²) >= 11 is 0. The summed E-state index contributed by atoms with van der Waals surface area (Å²) in [6.45, 7) is 0. The quantitative estimate of drug-likeness (QED) is 0.765. The van der Waals surface area contributed by atoms with Crippen molar-refractivity contribution in [2.75, 3.05) is 0 Å². The van der Waals surface area contributed by atoms with E-state index >= 15 is 0 Å². The Balaban J connectivity index is 2.26. The van der Waals surface area contributed by atoms with Crippen molar-refractivity contribution in [3.63, 3.8) is 0 Å². The van der Waals surface area contributed by atoms with Crippen LogP contribution in [0.25, 0.3) is 0 Å². The van der Waals surface area contributed by atoms with E-state index in [1.54, 1.807) is 0 Å². The predicted octanol–water partition coefficient (Wildman–Crippen LogP) is 1.07. The van der Waals surface area contributed by atoms with Gasteiger partial charge in [-0.05, 0) is 5.56 Å². The summed E-state index contributed by atoms with van der Waals surface area (Å²) < 4.78 is 0. The molecular formula is C11H10N2O2.